The molecule has 0 atom stereocenters. The summed E-state index contributed by atoms with van der Waals surface area (Å²) in [5, 5.41) is 8.12. The third-order valence-electron chi connectivity index (χ3n) is 4.46. The van der Waals surface area contributed by atoms with Crippen molar-refractivity contribution in [3.63, 3.8) is 0 Å². The zero-order valence-electron chi connectivity index (χ0n) is 12.9. The number of carbonyl (C=O) groups is 1. The molecule has 3 aromatic heterocycles. The van der Waals surface area contributed by atoms with Gasteiger partial charge in [-0.3, -0.25) is 9.89 Å². The molecule has 0 aliphatic carbocycles. The largest absolute Gasteiger partial charge is 0.337 e. The Morgan fingerprint density at radius 3 is 2.83 bits per heavy atom. The Bertz CT molecular complexity index is 872. The molecular formula is C17H16ClN5O. The lowest BCUT2D eigenvalue weighted by Crippen LogP contribution is -2.38. The van der Waals surface area contributed by atoms with E-state index in [1.54, 1.807) is 18.5 Å². The quantitative estimate of drug-likeness (QED) is 0.777. The summed E-state index contributed by atoms with van der Waals surface area (Å²) in [5.74, 6) is 0.353. The van der Waals surface area contributed by atoms with Gasteiger partial charge in [-0.1, -0.05) is 11.6 Å². The zero-order chi connectivity index (χ0) is 16.5. The van der Waals surface area contributed by atoms with Crippen LogP contribution >= 0.6 is 11.6 Å². The minimum Gasteiger partial charge on any atom is -0.337 e. The maximum absolute atomic E-state index is 12.3. The summed E-state index contributed by atoms with van der Waals surface area (Å²) in [7, 11) is 0. The summed E-state index contributed by atoms with van der Waals surface area (Å²) < 4.78 is 0. The number of aromatic nitrogens is 4. The van der Waals surface area contributed by atoms with Crippen LogP contribution in [0.15, 0.2) is 36.7 Å². The number of hydrogen-bond donors (Lipinski definition) is 1. The summed E-state index contributed by atoms with van der Waals surface area (Å²) in [6.45, 7) is 1.44. The van der Waals surface area contributed by atoms with Crippen LogP contribution in [0.2, 0.25) is 5.02 Å². The molecule has 3 aromatic rings. The van der Waals surface area contributed by atoms with Gasteiger partial charge in [-0.2, -0.15) is 5.10 Å². The molecule has 1 fully saturated rings. The summed E-state index contributed by atoms with van der Waals surface area (Å²) >= 11 is 5.96. The highest BCUT2D eigenvalue weighted by Crippen LogP contribution is 2.28. The van der Waals surface area contributed by atoms with Crippen molar-refractivity contribution in [1.29, 1.82) is 0 Å². The van der Waals surface area contributed by atoms with Crippen LogP contribution in [0, 0.1) is 0 Å². The molecule has 0 saturated carbocycles. The molecule has 0 aromatic carbocycles. The number of nitrogens with one attached hydrogen (secondary N) is 1. The van der Waals surface area contributed by atoms with Crippen molar-refractivity contribution >= 4 is 28.5 Å². The number of hydrogen-bond acceptors (Lipinski definition) is 4. The van der Waals surface area contributed by atoms with Crippen LogP contribution in [0.3, 0.4) is 0 Å². The van der Waals surface area contributed by atoms with Crippen molar-refractivity contribution in [2.45, 2.75) is 18.8 Å². The number of rotatable bonds is 2. The Hall–Kier alpha value is -2.47. The van der Waals surface area contributed by atoms with Crippen LogP contribution in [-0.4, -0.2) is 44.1 Å². The van der Waals surface area contributed by atoms with E-state index in [-0.39, 0.29) is 5.91 Å². The van der Waals surface area contributed by atoms with Gasteiger partial charge in [0.05, 0.1) is 5.02 Å². The van der Waals surface area contributed by atoms with E-state index in [1.807, 2.05) is 23.1 Å². The summed E-state index contributed by atoms with van der Waals surface area (Å²) in [6, 6.07) is 7.62. The minimum atomic E-state index is 0.00808. The topological polar surface area (TPSA) is 74.8 Å². The summed E-state index contributed by atoms with van der Waals surface area (Å²) in [5.41, 5.74) is 2.29. The molecule has 1 saturated heterocycles. The average molecular weight is 342 g/mol. The first-order valence-corrected chi connectivity index (χ1v) is 8.29. The van der Waals surface area contributed by atoms with Gasteiger partial charge in [0.15, 0.2) is 5.65 Å². The number of halogens is 1. The molecule has 0 radical (unpaired) electrons. The molecule has 24 heavy (non-hydrogen) atoms. The standard InChI is InChI=1S/C17H16ClN5O/c18-13-9-12-1-2-14(21-16(12)19-10-13)11-4-7-23(8-5-11)17(24)15-3-6-20-22-15/h1-3,6,9-11H,4-5,7-8H2,(H,20,22). The van der Waals surface area contributed by atoms with Crippen molar-refractivity contribution in [1.82, 2.24) is 25.1 Å². The van der Waals surface area contributed by atoms with E-state index in [0.717, 1.165) is 37.0 Å². The number of likely N-dealkylation sites (tertiary alicyclic amines) is 1. The molecule has 4 rings (SSSR count). The Morgan fingerprint density at radius 1 is 1.25 bits per heavy atom. The van der Waals surface area contributed by atoms with Gasteiger partial charge in [-0.05, 0) is 37.1 Å². The van der Waals surface area contributed by atoms with Crippen LogP contribution in [-0.2, 0) is 0 Å². The van der Waals surface area contributed by atoms with E-state index in [1.165, 1.54) is 0 Å². The van der Waals surface area contributed by atoms with Crippen molar-refractivity contribution in [2.24, 2.45) is 0 Å². The van der Waals surface area contributed by atoms with E-state index < -0.39 is 0 Å². The van der Waals surface area contributed by atoms with E-state index in [2.05, 4.69) is 20.2 Å². The predicted molar refractivity (Wildman–Crippen MR) is 91.0 cm³/mol. The van der Waals surface area contributed by atoms with Gasteiger partial charge in [0.2, 0.25) is 0 Å². The first kappa shape index (κ1) is 15.1. The third-order valence-corrected chi connectivity index (χ3v) is 4.67. The Kier molecular flexibility index (Phi) is 3.90. The molecule has 0 bridgehead atoms. The lowest BCUT2D eigenvalue weighted by Gasteiger charge is -2.31. The molecule has 0 unspecified atom stereocenters. The molecular weight excluding hydrogens is 326 g/mol. The molecule has 1 N–H and O–H groups in total. The fourth-order valence-corrected chi connectivity index (χ4v) is 3.32. The lowest BCUT2D eigenvalue weighted by atomic mass is 9.92. The van der Waals surface area contributed by atoms with Crippen LogP contribution in [0.5, 0.6) is 0 Å². The molecule has 4 heterocycles. The van der Waals surface area contributed by atoms with Gasteiger partial charge >= 0.3 is 0 Å². The van der Waals surface area contributed by atoms with Crippen LogP contribution in [0.4, 0.5) is 0 Å². The second kappa shape index (κ2) is 6.20. The normalized spacial score (nSPS) is 15.8. The monoisotopic (exact) mass is 341 g/mol. The number of pyridine rings is 2. The second-order valence-electron chi connectivity index (χ2n) is 5.97. The molecule has 0 spiro atoms. The zero-order valence-corrected chi connectivity index (χ0v) is 13.7. The number of aromatic amines is 1. The molecule has 1 aliphatic rings. The third kappa shape index (κ3) is 2.85. The predicted octanol–water partition coefficient (Wildman–Crippen LogP) is 3.03. The van der Waals surface area contributed by atoms with Gasteiger partial charge in [0.1, 0.15) is 5.69 Å². The SMILES string of the molecule is O=C(c1ccn[nH]1)N1CCC(c2ccc3cc(Cl)cnc3n2)CC1. The van der Waals surface area contributed by atoms with Crippen molar-refractivity contribution < 1.29 is 4.79 Å². The Morgan fingerprint density at radius 2 is 2.08 bits per heavy atom. The number of H-pyrrole nitrogens is 1. The van der Waals surface area contributed by atoms with Crippen molar-refractivity contribution in [2.75, 3.05) is 13.1 Å². The molecule has 7 heteroatoms. The number of amides is 1. The number of carbonyl (C=O) groups excluding carboxylic acids is 1. The fraction of sp³-hybridized carbons (Fsp3) is 0.294. The smallest absolute Gasteiger partial charge is 0.271 e. The maximum Gasteiger partial charge on any atom is 0.271 e. The maximum atomic E-state index is 12.3. The minimum absolute atomic E-state index is 0.00808. The Balaban J connectivity index is 1.47. The van der Waals surface area contributed by atoms with Gasteiger partial charge in [0, 0.05) is 42.5 Å². The Labute approximate surface area is 143 Å². The first-order valence-electron chi connectivity index (χ1n) is 7.91. The van der Waals surface area contributed by atoms with E-state index in [0.29, 0.717) is 22.3 Å². The molecule has 1 aliphatic heterocycles. The van der Waals surface area contributed by atoms with Crippen molar-refractivity contribution in [3.05, 3.63) is 53.1 Å². The van der Waals surface area contributed by atoms with Gasteiger partial charge < -0.3 is 4.90 Å². The van der Waals surface area contributed by atoms with Crippen LogP contribution in [0.25, 0.3) is 11.0 Å². The first-order chi connectivity index (χ1) is 11.7. The van der Waals surface area contributed by atoms with E-state index >= 15 is 0 Å². The number of nitrogens with zero attached hydrogens (tertiary/aromatic N) is 4. The molecule has 6 nitrogen and oxygen atoms in total. The fourth-order valence-electron chi connectivity index (χ4n) is 3.15. The van der Waals surface area contributed by atoms with E-state index in [9.17, 15) is 4.79 Å². The highest BCUT2D eigenvalue weighted by molar-refractivity contribution is 6.31. The number of piperidine rings is 1. The van der Waals surface area contributed by atoms with Crippen molar-refractivity contribution in [3.8, 4) is 0 Å². The summed E-state index contributed by atoms with van der Waals surface area (Å²) in [6.07, 6.45) is 5.00. The number of fused-ring (bicyclic) bond motifs is 1. The average Bonchev–Trinajstić information content (AvgIpc) is 3.15. The molecule has 122 valence electrons. The van der Waals surface area contributed by atoms with Gasteiger partial charge in [-0.15, -0.1) is 0 Å². The highest BCUT2D eigenvalue weighted by atomic mass is 35.5. The lowest BCUT2D eigenvalue weighted by molar-refractivity contribution is 0.0706. The molecule has 1 amide bonds. The van der Waals surface area contributed by atoms with Gasteiger partial charge in [-0.25, -0.2) is 9.97 Å². The second-order valence-corrected chi connectivity index (χ2v) is 6.41. The van der Waals surface area contributed by atoms with Crippen LogP contribution < -0.4 is 0 Å². The highest BCUT2D eigenvalue weighted by Gasteiger charge is 2.26. The summed E-state index contributed by atoms with van der Waals surface area (Å²) in [4.78, 5) is 23.2. The van der Waals surface area contributed by atoms with Crippen LogP contribution in [0.1, 0.15) is 34.9 Å². The van der Waals surface area contributed by atoms with E-state index in [4.69, 9.17) is 11.6 Å². The van der Waals surface area contributed by atoms with Gasteiger partial charge in [0.25, 0.3) is 5.91 Å².